The summed E-state index contributed by atoms with van der Waals surface area (Å²) in [6.45, 7) is 3.95. The number of allylic oxidation sites excluding steroid dienone is 4. The van der Waals surface area contributed by atoms with Crippen LogP contribution in [-0.4, -0.2) is 38.6 Å². The molecule has 0 saturated carbocycles. The molecule has 1 aliphatic carbocycles. The molecule has 6 nitrogen and oxygen atoms in total. The number of benzene rings is 2. The minimum absolute atomic E-state index is 0.186. The first kappa shape index (κ1) is 23.6. The van der Waals surface area contributed by atoms with Crippen LogP contribution in [0, 0.1) is 0 Å². The minimum atomic E-state index is -0.314. The fourth-order valence-electron chi connectivity index (χ4n) is 3.02. The number of oxime groups is 1. The summed E-state index contributed by atoms with van der Waals surface area (Å²) in [5, 5.41) is 4.07. The average molecular weight is 421 g/mol. The zero-order valence-electron chi connectivity index (χ0n) is 18.5. The quantitative estimate of drug-likeness (QED) is 0.371. The first-order chi connectivity index (χ1) is 14.9. The van der Waals surface area contributed by atoms with Crippen molar-refractivity contribution in [1.82, 2.24) is 0 Å². The second kappa shape index (κ2) is 11.5. The SMILES string of the molecule is CON=C(CC=C(C)C)c1cc(OC)c2c(c1OC)C(=O)C=CC2=O.c1ccccc1. The smallest absolute Gasteiger partial charge is 0.190 e. The predicted octanol–water partition coefficient (Wildman–Crippen LogP) is 5.03. The van der Waals surface area contributed by atoms with Crippen molar-refractivity contribution in [3.05, 3.63) is 83.0 Å². The Kier molecular flexibility index (Phi) is 8.76. The van der Waals surface area contributed by atoms with Gasteiger partial charge in [-0.3, -0.25) is 9.59 Å². The molecule has 0 aromatic heterocycles. The van der Waals surface area contributed by atoms with Crippen molar-refractivity contribution in [3.8, 4) is 11.5 Å². The molecular formula is C25H27NO5. The number of carbonyl (C=O) groups excluding carboxylic acids is 2. The van der Waals surface area contributed by atoms with Crippen molar-refractivity contribution in [3.63, 3.8) is 0 Å². The number of carbonyl (C=O) groups is 2. The lowest BCUT2D eigenvalue weighted by Crippen LogP contribution is -2.17. The van der Waals surface area contributed by atoms with E-state index < -0.39 is 0 Å². The lowest BCUT2D eigenvalue weighted by molar-refractivity contribution is 0.0989. The highest BCUT2D eigenvalue weighted by atomic mass is 16.6. The van der Waals surface area contributed by atoms with E-state index in [-0.39, 0.29) is 28.4 Å². The molecule has 0 atom stereocenters. The van der Waals surface area contributed by atoms with E-state index in [1.807, 2.05) is 56.3 Å². The molecule has 0 aliphatic heterocycles. The molecule has 0 radical (unpaired) electrons. The summed E-state index contributed by atoms with van der Waals surface area (Å²) >= 11 is 0. The fourth-order valence-corrected chi connectivity index (χ4v) is 3.02. The Bertz CT molecular complexity index is 989. The number of fused-ring (bicyclic) bond motifs is 1. The Morgan fingerprint density at radius 2 is 1.42 bits per heavy atom. The number of nitrogens with zero attached hydrogens (tertiary/aromatic N) is 1. The summed E-state index contributed by atoms with van der Waals surface area (Å²) in [5.74, 6) is -0.0256. The second-order valence-corrected chi connectivity index (χ2v) is 6.83. The lowest BCUT2D eigenvalue weighted by Gasteiger charge is -2.20. The Hall–Kier alpha value is -3.67. The van der Waals surface area contributed by atoms with Gasteiger partial charge in [0, 0.05) is 12.0 Å². The maximum absolute atomic E-state index is 12.4. The van der Waals surface area contributed by atoms with Crippen LogP contribution < -0.4 is 9.47 Å². The van der Waals surface area contributed by atoms with Crippen molar-refractivity contribution < 1.29 is 23.9 Å². The van der Waals surface area contributed by atoms with Gasteiger partial charge >= 0.3 is 0 Å². The van der Waals surface area contributed by atoms with Crippen molar-refractivity contribution >= 4 is 17.3 Å². The highest BCUT2D eigenvalue weighted by molar-refractivity contribution is 6.25. The molecule has 6 heteroatoms. The first-order valence-corrected chi connectivity index (χ1v) is 9.74. The standard InChI is InChI=1S/C19H21NO5.C6H6/c1-11(2)6-7-13(20-25-5)12-10-16(23-3)17-14(21)8-9-15(22)18(17)19(12)24-4;1-2-4-6-5-3-1/h6,8-10H,7H2,1-5H3;1-6H. The number of ether oxygens (including phenoxy) is 2. The van der Waals surface area contributed by atoms with Crippen molar-refractivity contribution in [2.75, 3.05) is 21.3 Å². The third-order valence-electron chi connectivity index (χ3n) is 4.43. The number of methoxy groups -OCH3 is 2. The first-order valence-electron chi connectivity index (χ1n) is 9.74. The van der Waals surface area contributed by atoms with E-state index in [0.29, 0.717) is 23.4 Å². The summed E-state index contributed by atoms with van der Waals surface area (Å²) in [6.07, 6.45) is 4.93. The zero-order valence-corrected chi connectivity index (χ0v) is 18.5. The van der Waals surface area contributed by atoms with Gasteiger partial charge in [-0.05, 0) is 32.1 Å². The molecule has 0 fully saturated rings. The van der Waals surface area contributed by atoms with Gasteiger partial charge in [0.2, 0.25) is 0 Å². The Balaban J connectivity index is 0.000000488. The molecule has 2 aromatic rings. The van der Waals surface area contributed by atoms with Crippen LogP contribution in [0.4, 0.5) is 0 Å². The number of rotatable bonds is 6. The largest absolute Gasteiger partial charge is 0.496 e. The van der Waals surface area contributed by atoms with Crippen molar-refractivity contribution in [1.29, 1.82) is 0 Å². The van der Waals surface area contributed by atoms with Crippen LogP contribution in [0.5, 0.6) is 11.5 Å². The van der Waals surface area contributed by atoms with Gasteiger partial charge in [-0.15, -0.1) is 0 Å². The zero-order chi connectivity index (χ0) is 22.8. The van der Waals surface area contributed by atoms with Crippen LogP contribution in [0.1, 0.15) is 46.5 Å². The van der Waals surface area contributed by atoms with Gasteiger partial charge in [0.15, 0.2) is 11.6 Å². The maximum Gasteiger partial charge on any atom is 0.190 e. The third kappa shape index (κ3) is 5.92. The lowest BCUT2D eigenvalue weighted by atomic mass is 9.89. The van der Waals surface area contributed by atoms with Gasteiger partial charge in [-0.2, -0.15) is 0 Å². The van der Waals surface area contributed by atoms with Gasteiger partial charge in [-0.1, -0.05) is 53.2 Å². The molecule has 0 N–H and O–H groups in total. The highest BCUT2D eigenvalue weighted by Crippen LogP contribution is 2.38. The number of hydrogen-bond donors (Lipinski definition) is 0. The molecule has 31 heavy (non-hydrogen) atoms. The Labute approximate surface area is 182 Å². The van der Waals surface area contributed by atoms with Gasteiger partial charge < -0.3 is 14.3 Å². The van der Waals surface area contributed by atoms with Crippen LogP contribution in [0.25, 0.3) is 0 Å². The molecule has 0 spiro atoms. The highest BCUT2D eigenvalue weighted by Gasteiger charge is 2.31. The molecule has 0 bridgehead atoms. The summed E-state index contributed by atoms with van der Waals surface area (Å²) in [6, 6.07) is 13.7. The molecule has 0 saturated heterocycles. The molecule has 162 valence electrons. The van der Waals surface area contributed by atoms with E-state index in [9.17, 15) is 9.59 Å². The van der Waals surface area contributed by atoms with Gasteiger partial charge in [0.05, 0.1) is 31.1 Å². The summed E-state index contributed by atoms with van der Waals surface area (Å²) in [5.41, 5.74) is 2.62. The van der Waals surface area contributed by atoms with Crippen LogP contribution in [-0.2, 0) is 4.84 Å². The molecule has 0 unspecified atom stereocenters. The normalized spacial score (nSPS) is 12.4. The summed E-state index contributed by atoms with van der Waals surface area (Å²) in [7, 11) is 4.35. The van der Waals surface area contributed by atoms with Crippen LogP contribution in [0.15, 0.2) is 71.4 Å². The molecule has 0 amide bonds. The molecule has 3 rings (SSSR count). The molecular weight excluding hydrogens is 394 g/mol. The van der Waals surface area contributed by atoms with Crippen LogP contribution in [0.2, 0.25) is 0 Å². The van der Waals surface area contributed by atoms with Crippen LogP contribution >= 0.6 is 0 Å². The van der Waals surface area contributed by atoms with E-state index in [1.165, 1.54) is 33.5 Å². The van der Waals surface area contributed by atoms with Crippen LogP contribution in [0.3, 0.4) is 0 Å². The van der Waals surface area contributed by atoms with Crippen molar-refractivity contribution in [2.24, 2.45) is 5.16 Å². The third-order valence-corrected chi connectivity index (χ3v) is 4.43. The van der Waals surface area contributed by atoms with E-state index in [2.05, 4.69) is 5.16 Å². The molecule has 2 aromatic carbocycles. The van der Waals surface area contributed by atoms with Gasteiger partial charge in [0.1, 0.15) is 18.6 Å². The fraction of sp³-hybridized carbons (Fsp3) is 0.240. The Morgan fingerprint density at radius 3 is 1.87 bits per heavy atom. The minimum Gasteiger partial charge on any atom is -0.496 e. The number of hydrogen-bond acceptors (Lipinski definition) is 6. The number of ketones is 2. The van der Waals surface area contributed by atoms with Gasteiger partial charge in [-0.25, -0.2) is 0 Å². The van der Waals surface area contributed by atoms with Gasteiger partial charge in [0.25, 0.3) is 0 Å². The van der Waals surface area contributed by atoms with E-state index >= 15 is 0 Å². The molecule has 1 aliphatic rings. The predicted molar refractivity (Wildman–Crippen MR) is 121 cm³/mol. The van der Waals surface area contributed by atoms with Crippen molar-refractivity contribution in [2.45, 2.75) is 20.3 Å². The topological polar surface area (TPSA) is 74.2 Å². The monoisotopic (exact) mass is 421 g/mol. The second-order valence-electron chi connectivity index (χ2n) is 6.83. The van der Waals surface area contributed by atoms with E-state index in [0.717, 1.165) is 5.57 Å². The maximum atomic E-state index is 12.4. The van der Waals surface area contributed by atoms with E-state index in [1.54, 1.807) is 6.07 Å². The molecule has 0 heterocycles. The summed E-state index contributed by atoms with van der Waals surface area (Å²) in [4.78, 5) is 29.6. The average Bonchev–Trinajstić information content (AvgIpc) is 2.79. The van der Waals surface area contributed by atoms with E-state index in [4.69, 9.17) is 14.3 Å². The Morgan fingerprint density at radius 1 is 0.871 bits per heavy atom. The summed E-state index contributed by atoms with van der Waals surface area (Å²) < 4.78 is 10.8.